The van der Waals surface area contributed by atoms with Crippen molar-refractivity contribution in [2.45, 2.75) is 103 Å². The molecule has 0 saturated heterocycles. The maximum Gasteiger partial charge on any atom is 0.0468 e. The molecule has 266 valence electrons. The Balaban J connectivity index is 1.21. The van der Waals surface area contributed by atoms with Crippen LogP contribution in [0.4, 0.5) is 17.1 Å². The van der Waals surface area contributed by atoms with Crippen molar-refractivity contribution < 1.29 is 0 Å². The quantitative estimate of drug-likeness (QED) is 0.179. The van der Waals surface area contributed by atoms with Crippen molar-refractivity contribution in [2.24, 2.45) is 11.8 Å². The van der Waals surface area contributed by atoms with E-state index in [0.29, 0.717) is 0 Å². The Hall–Kier alpha value is -4.62. The molecule has 0 amide bonds. The molecule has 0 N–H and O–H groups in total. The van der Waals surface area contributed by atoms with Gasteiger partial charge in [0.05, 0.1) is 0 Å². The number of hydrogen-bond acceptors (Lipinski definition) is 1. The summed E-state index contributed by atoms with van der Waals surface area (Å²) in [6, 6.07) is 45.3. The first-order valence-electron chi connectivity index (χ1n) is 20.1. The Bertz CT molecular complexity index is 2480. The van der Waals surface area contributed by atoms with Crippen molar-refractivity contribution in [3.8, 4) is 22.3 Å². The lowest BCUT2D eigenvalue weighted by Gasteiger charge is -2.37. The van der Waals surface area contributed by atoms with Gasteiger partial charge in [-0.1, -0.05) is 141 Å². The van der Waals surface area contributed by atoms with Gasteiger partial charge in [-0.05, 0) is 145 Å². The van der Waals surface area contributed by atoms with Crippen LogP contribution in [0.3, 0.4) is 0 Å². The van der Waals surface area contributed by atoms with Gasteiger partial charge in [0.1, 0.15) is 0 Å². The van der Waals surface area contributed by atoms with Crippen molar-refractivity contribution >= 4 is 27.8 Å². The van der Waals surface area contributed by atoms with Crippen LogP contribution >= 0.6 is 0 Å². The number of nitrogens with zero attached hydrogens (tertiary/aromatic N) is 1. The Kier molecular flexibility index (Phi) is 6.83. The maximum atomic E-state index is 2.61. The van der Waals surface area contributed by atoms with Crippen LogP contribution in [0, 0.1) is 11.8 Å². The van der Waals surface area contributed by atoms with Crippen LogP contribution in [0.1, 0.15) is 114 Å². The molecule has 6 aromatic rings. The van der Waals surface area contributed by atoms with E-state index in [-0.39, 0.29) is 21.7 Å². The van der Waals surface area contributed by atoms with E-state index < -0.39 is 0 Å². The van der Waals surface area contributed by atoms with Crippen LogP contribution in [-0.2, 0) is 21.7 Å². The summed E-state index contributed by atoms with van der Waals surface area (Å²) >= 11 is 0. The monoisotopic (exact) mass is 691 g/mol. The van der Waals surface area contributed by atoms with E-state index >= 15 is 0 Å². The molecule has 1 heteroatoms. The number of fused-ring (bicyclic) bond motifs is 12. The van der Waals surface area contributed by atoms with Crippen LogP contribution in [0.15, 0.2) is 115 Å². The molecular formula is C52H53N. The molecular weight excluding hydrogens is 639 g/mol. The van der Waals surface area contributed by atoms with E-state index in [0.717, 1.165) is 11.8 Å². The van der Waals surface area contributed by atoms with Gasteiger partial charge in [-0.15, -0.1) is 0 Å². The Labute approximate surface area is 317 Å². The zero-order valence-corrected chi connectivity index (χ0v) is 32.9. The van der Waals surface area contributed by atoms with Crippen molar-refractivity contribution in [3.63, 3.8) is 0 Å². The van der Waals surface area contributed by atoms with Gasteiger partial charge in [-0.2, -0.15) is 0 Å². The van der Waals surface area contributed by atoms with Gasteiger partial charge >= 0.3 is 0 Å². The SMILES string of the molecule is CC(C)(C)c1cc(C(C)(C)C)c2ccc(N(c3ccc4c(c3)C(C)(C)c3ccccc3-4)c3ccc4c(c3)C3(CC5CCC3C5)c3ccccc3-4)cc2c1. The minimum atomic E-state index is -0.0765. The van der Waals surface area contributed by atoms with Crippen molar-refractivity contribution in [2.75, 3.05) is 4.90 Å². The molecule has 0 aliphatic heterocycles. The van der Waals surface area contributed by atoms with Crippen LogP contribution in [0.25, 0.3) is 33.0 Å². The Morgan fingerprint density at radius 3 is 1.77 bits per heavy atom. The zero-order chi connectivity index (χ0) is 36.7. The molecule has 2 saturated carbocycles. The highest BCUT2D eigenvalue weighted by molar-refractivity contribution is 5.94. The fourth-order valence-corrected chi connectivity index (χ4v) is 11.3. The largest absolute Gasteiger partial charge is 0.310 e. The highest BCUT2D eigenvalue weighted by atomic mass is 15.1. The van der Waals surface area contributed by atoms with Crippen LogP contribution in [0.2, 0.25) is 0 Å². The molecule has 3 unspecified atom stereocenters. The third kappa shape index (κ3) is 4.68. The van der Waals surface area contributed by atoms with Crippen LogP contribution < -0.4 is 4.90 Å². The minimum Gasteiger partial charge on any atom is -0.310 e. The van der Waals surface area contributed by atoms with E-state index in [9.17, 15) is 0 Å². The molecule has 6 aromatic carbocycles. The summed E-state index contributed by atoms with van der Waals surface area (Å²) in [5.74, 6) is 1.57. The topological polar surface area (TPSA) is 3.24 Å². The van der Waals surface area contributed by atoms with Gasteiger partial charge in [0.25, 0.3) is 0 Å². The fourth-order valence-electron chi connectivity index (χ4n) is 11.3. The van der Waals surface area contributed by atoms with Crippen molar-refractivity contribution in [1.82, 2.24) is 0 Å². The number of hydrogen-bond donors (Lipinski definition) is 0. The Morgan fingerprint density at radius 2 is 1.13 bits per heavy atom. The second kappa shape index (κ2) is 11.0. The predicted molar refractivity (Wildman–Crippen MR) is 225 cm³/mol. The van der Waals surface area contributed by atoms with E-state index in [1.54, 1.807) is 11.1 Å². The van der Waals surface area contributed by atoms with Crippen LogP contribution in [0.5, 0.6) is 0 Å². The molecule has 3 atom stereocenters. The molecule has 10 rings (SSSR count). The van der Waals surface area contributed by atoms with Gasteiger partial charge in [0.15, 0.2) is 0 Å². The summed E-state index contributed by atoms with van der Waals surface area (Å²) in [5.41, 5.74) is 18.3. The molecule has 1 spiro atoms. The average Bonchev–Trinajstić information content (AvgIpc) is 3.87. The Morgan fingerprint density at radius 1 is 0.547 bits per heavy atom. The average molecular weight is 692 g/mol. The van der Waals surface area contributed by atoms with E-state index in [1.165, 1.54) is 98.0 Å². The molecule has 4 aliphatic carbocycles. The van der Waals surface area contributed by atoms with E-state index in [4.69, 9.17) is 0 Å². The number of benzene rings is 6. The summed E-state index contributed by atoms with van der Waals surface area (Å²) in [6.45, 7) is 18.9. The summed E-state index contributed by atoms with van der Waals surface area (Å²) < 4.78 is 0. The lowest BCUT2D eigenvalue weighted by molar-refractivity contribution is 0.327. The van der Waals surface area contributed by atoms with Crippen molar-refractivity contribution in [3.05, 3.63) is 149 Å². The van der Waals surface area contributed by atoms with E-state index in [2.05, 4.69) is 176 Å². The second-order valence-electron chi connectivity index (χ2n) is 19.5. The third-order valence-corrected chi connectivity index (χ3v) is 14.0. The molecule has 1 nitrogen and oxygen atoms in total. The third-order valence-electron chi connectivity index (χ3n) is 14.0. The van der Waals surface area contributed by atoms with Crippen LogP contribution in [-0.4, -0.2) is 0 Å². The van der Waals surface area contributed by atoms with Gasteiger partial charge < -0.3 is 4.90 Å². The summed E-state index contributed by atoms with van der Waals surface area (Å²) in [7, 11) is 0. The van der Waals surface area contributed by atoms with Crippen molar-refractivity contribution in [1.29, 1.82) is 0 Å². The first-order chi connectivity index (χ1) is 25.2. The second-order valence-corrected chi connectivity index (χ2v) is 19.5. The van der Waals surface area contributed by atoms with Gasteiger partial charge in [0.2, 0.25) is 0 Å². The first-order valence-corrected chi connectivity index (χ1v) is 20.1. The van der Waals surface area contributed by atoms with Gasteiger partial charge in [-0.25, -0.2) is 0 Å². The summed E-state index contributed by atoms with van der Waals surface area (Å²) in [5, 5.41) is 2.67. The molecule has 2 fully saturated rings. The normalized spacial score (nSPS) is 21.9. The number of anilines is 3. The van der Waals surface area contributed by atoms with Gasteiger partial charge in [0, 0.05) is 27.9 Å². The summed E-state index contributed by atoms with van der Waals surface area (Å²) in [4.78, 5) is 2.57. The molecule has 2 bridgehead atoms. The highest BCUT2D eigenvalue weighted by Gasteiger charge is 2.56. The minimum absolute atomic E-state index is 0.0330. The lowest BCUT2D eigenvalue weighted by Crippen LogP contribution is -2.32. The predicted octanol–water partition coefficient (Wildman–Crippen LogP) is 14.3. The maximum absolute atomic E-state index is 2.61. The van der Waals surface area contributed by atoms with E-state index in [1.807, 2.05) is 0 Å². The standard InChI is InChI=1S/C52H53N/c1-49(2,3)35-26-33-27-36(19-22-39(33)46(28-35)50(4,5)6)53(37-20-23-42-40-13-9-11-15-44(40)51(7,8)47(42)29-37)38-21-24-43-41-14-10-12-16-45(41)52(48(43)30-38)31-32-17-18-34(52)25-32/h9-16,19-24,26-30,32,34H,17-18,25,31H2,1-8H3. The first kappa shape index (κ1) is 33.0. The number of rotatable bonds is 3. The molecule has 4 aliphatic rings. The molecule has 53 heavy (non-hydrogen) atoms. The zero-order valence-electron chi connectivity index (χ0n) is 32.9. The summed E-state index contributed by atoms with van der Waals surface area (Å²) in [6.07, 6.45) is 5.41. The fraction of sp³-hybridized carbons (Fsp3) is 0.346. The molecule has 0 aromatic heterocycles. The molecule has 0 radical (unpaired) electrons. The lowest BCUT2D eigenvalue weighted by atomic mass is 9.67. The molecule has 0 heterocycles. The highest BCUT2D eigenvalue weighted by Crippen LogP contribution is 2.66. The van der Waals surface area contributed by atoms with Gasteiger partial charge in [-0.3, -0.25) is 0 Å². The smallest absolute Gasteiger partial charge is 0.0468 e.